The molecule has 31 heavy (non-hydrogen) atoms. The van der Waals surface area contributed by atoms with Gasteiger partial charge in [0.2, 0.25) is 0 Å². The molecule has 1 fully saturated rings. The Hall–Kier alpha value is -2.88. The fraction of sp³-hybridized carbons (Fsp3) is 0.619. The molecule has 0 aromatic carbocycles. The number of hydrogen-bond donors (Lipinski definition) is 2. The average Bonchev–Trinajstić information content (AvgIpc) is 3.19. The summed E-state index contributed by atoms with van der Waals surface area (Å²) in [4.78, 5) is 6.05. The van der Waals surface area contributed by atoms with Crippen LogP contribution in [0.4, 0.5) is 0 Å². The van der Waals surface area contributed by atoms with E-state index in [0.29, 0.717) is 29.6 Å². The van der Waals surface area contributed by atoms with Gasteiger partial charge < -0.3 is 20.2 Å². The van der Waals surface area contributed by atoms with Crippen molar-refractivity contribution in [3.63, 3.8) is 0 Å². The molecule has 1 aliphatic carbocycles. The molecule has 4 N–H and O–H groups in total. The first kappa shape index (κ1) is 22.8. The lowest BCUT2D eigenvalue weighted by atomic mass is 9.98. The molecule has 0 saturated heterocycles. The third kappa shape index (κ3) is 6.30. The zero-order valence-corrected chi connectivity index (χ0v) is 18.9. The summed E-state index contributed by atoms with van der Waals surface area (Å²) < 4.78 is 11.7. The van der Waals surface area contributed by atoms with Crippen LogP contribution in [0.15, 0.2) is 17.8 Å². The Balaban J connectivity index is 1.75. The molecule has 2 heterocycles. The van der Waals surface area contributed by atoms with Crippen LogP contribution in [0, 0.1) is 12.8 Å². The molecule has 0 aliphatic heterocycles. The molecule has 0 radical (unpaired) electrons. The van der Waals surface area contributed by atoms with E-state index < -0.39 is 0 Å². The Morgan fingerprint density at radius 3 is 2.65 bits per heavy atom. The maximum Gasteiger partial charge on any atom is 0.356 e. The average molecular weight is 431 g/mol. The molecule has 0 atom stereocenters. The molecular weight excluding hydrogens is 396 g/mol. The Morgan fingerprint density at radius 1 is 1.26 bits per heavy atom. The van der Waals surface area contributed by atoms with Crippen LogP contribution in [0.1, 0.15) is 57.3 Å². The SMILES string of the molecule is Cc1nc(/C(N)=C(\Cn2nnc(OCC(C)C)n2)N(C)N)ccc1OC1CCCCC1. The molecule has 1 aliphatic rings. The van der Waals surface area contributed by atoms with Crippen molar-refractivity contribution in [2.24, 2.45) is 17.5 Å². The lowest BCUT2D eigenvalue weighted by Gasteiger charge is -2.24. The van der Waals surface area contributed by atoms with Crippen LogP contribution in [0.3, 0.4) is 0 Å². The summed E-state index contributed by atoms with van der Waals surface area (Å²) in [6, 6.07) is 4.01. The minimum atomic E-state index is 0.226. The first-order valence-electron chi connectivity index (χ1n) is 10.9. The summed E-state index contributed by atoms with van der Waals surface area (Å²) in [5.41, 5.74) is 8.91. The topological polar surface area (TPSA) is 130 Å². The number of aromatic nitrogens is 5. The van der Waals surface area contributed by atoms with Gasteiger partial charge in [-0.05, 0) is 55.9 Å². The molecule has 170 valence electrons. The summed E-state index contributed by atoms with van der Waals surface area (Å²) in [5, 5.41) is 13.6. The highest BCUT2D eigenvalue weighted by molar-refractivity contribution is 5.63. The molecule has 1 saturated carbocycles. The van der Waals surface area contributed by atoms with Crippen molar-refractivity contribution in [3.8, 4) is 11.8 Å². The molecule has 10 heteroatoms. The zero-order chi connectivity index (χ0) is 22.4. The van der Waals surface area contributed by atoms with E-state index in [4.69, 9.17) is 21.1 Å². The van der Waals surface area contributed by atoms with Crippen molar-refractivity contribution in [1.82, 2.24) is 30.2 Å². The largest absolute Gasteiger partial charge is 0.489 e. The van der Waals surface area contributed by atoms with E-state index in [1.807, 2.05) is 19.1 Å². The lowest BCUT2D eigenvalue weighted by Crippen LogP contribution is -2.31. The van der Waals surface area contributed by atoms with Crippen LogP contribution in [0.2, 0.25) is 0 Å². The van der Waals surface area contributed by atoms with E-state index in [-0.39, 0.29) is 18.7 Å². The van der Waals surface area contributed by atoms with E-state index >= 15 is 0 Å². The monoisotopic (exact) mass is 430 g/mol. The predicted molar refractivity (Wildman–Crippen MR) is 118 cm³/mol. The first-order valence-corrected chi connectivity index (χ1v) is 10.9. The van der Waals surface area contributed by atoms with E-state index in [0.717, 1.165) is 24.3 Å². The smallest absolute Gasteiger partial charge is 0.356 e. The Bertz CT molecular complexity index is 887. The van der Waals surface area contributed by atoms with Gasteiger partial charge in [0.1, 0.15) is 12.3 Å². The van der Waals surface area contributed by atoms with Crippen LogP contribution >= 0.6 is 0 Å². The minimum absolute atomic E-state index is 0.226. The summed E-state index contributed by atoms with van der Waals surface area (Å²) in [7, 11) is 1.71. The maximum absolute atomic E-state index is 6.43. The second-order valence-corrected chi connectivity index (χ2v) is 8.44. The Labute approximate surface area is 183 Å². The van der Waals surface area contributed by atoms with Crippen molar-refractivity contribution in [1.29, 1.82) is 0 Å². The summed E-state index contributed by atoms with van der Waals surface area (Å²) in [6.07, 6.45) is 6.19. The fourth-order valence-corrected chi connectivity index (χ4v) is 3.45. The predicted octanol–water partition coefficient (Wildman–Crippen LogP) is 2.26. The highest BCUT2D eigenvalue weighted by Gasteiger charge is 2.18. The van der Waals surface area contributed by atoms with Gasteiger partial charge >= 0.3 is 6.01 Å². The minimum Gasteiger partial charge on any atom is -0.489 e. The number of tetrazole rings is 1. The lowest BCUT2D eigenvalue weighted by molar-refractivity contribution is 0.153. The molecule has 0 amide bonds. The number of hydrogen-bond acceptors (Lipinski definition) is 9. The molecule has 0 bridgehead atoms. The van der Waals surface area contributed by atoms with E-state index in [2.05, 4.69) is 34.2 Å². The van der Waals surface area contributed by atoms with E-state index in [9.17, 15) is 0 Å². The number of ether oxygens (including phenoxy) is 2. The number of allylic oxidation sites excluding steroid dienone is 1. The van der Waals surface area contributed by atoms with Crippen molar-refractivity contribution >= 4 is 5.70 Å². The number of nitrogens with zero attached hydrogens (tertiary/aromatic N) is 6. The van der Waals surface area contributed by atoms with Gasteiger partial charge in [-0.3, -0.25) is 0 Å². The van der Waals surface area contributed by atoms with Gasteiger partial charge in [0, 0.05) is 7.05 Å². The number of nitrogens with two attached hydrogens (primary N) is 2. The third-order valence-corrected chi connectivity index (χ3v) is 5.17. The van der Waals surface area contributed by atoms with Crippen molar-refractivity contribution in [3.05, 3.63) is 29.2 Å². The third-order valence-electron chi connectivity index (χ3n) is 5.17. The van der Waals surface area contributed by atoms with Crippen LogP contribution in [-0.2, 0) is 6.54 Å². The van der Waals surface area contributed by atoms with Crippen LogP contribution in [0.5, 0.6) is 11.8 Å². The van der Waals surface area contributed by atoms with Gasteiger partial charge in [-0.2, -0.15) is 4.80 Å². The maximum atomic E-state index is 6.43. The Kier molecular flexibility index (Phi) is 7.67. The zero-order valence-electron chi connectivity index (χ0n) is 18.9. The molecule has 10 nitrogen and oxygen atoms in total. The van der Waals surface area contributed by atoms with Crippen LogP contribution < -0.4 is 21.1 Å². The van der Waals surface area contributed by atoms with Crippen molar-refractivity contribution < 1.29 is 9.47 Å². The number of rotatable bonds is 9. The molecule has 0 spiro atoms. The second kappa shape index (κ2) is 10.4. The van der Waals surface area contributed by atoms with Gasteiger partial charge in [-0.1, -0.05) is 30.5 Å². The highest BCUT2D eigenvalue weighted by atomic mass is 16.5. The summed E-state index contributed by atoms with van der Waals surface area (Å²) in [5.74, 6) is 7.21. The van der Waals surface area contributed by atoms with Crippen molar-refractivity contribution in [2.45, 2.75) is 65.5 Å². The van der Waals surface area contributed by atoms with E-state index in [1.54, 1.807) is 7.05 Å². The molecule has 2 aromatic heterocycles. The van der Waals surface area contributed by atoms with Crippen LogP contribution in [-0.4, -0.2) is 50.0 Å². The summed E-state index contributed by atoms with van der Waals surface area (Å²) >= 11 is 0. The fourth-order valence-electron chi connectivity index (χ4n) is 3.45. The number of likely N-dealkylation sites (N-methyl/N-ethyl adjacent to an activating group) is 1. The molecule has 2 aromatic rings. The second-order valence-electron chi connectivity index (χ2n) is 8.44. The summed E-state index contributed by atoms with van der Waals surface area (Å²) in [6.45, 7) is 6.79. The van der Waals surface area contributed by atoms with E-state index in [1.165, 1.54) is 29.1 Å². The highest BCUT2D eigenvalue weighted by Crippen LogP contribution is 2.26. The van der Waals surface area contributed by atoms with Gasteiger partial charge in [-0.15, -0.1) is 0 Å². The van der Waals surface area contributed by atoms with Gasteiger partial charge in [0.25, 0.3) is 0 Å². The van der Waals surface area contributed by atoms with Crippen molar-refractivity contribution in [2.75, 3.05) is 13.7 Å². The molecule has 0 unspecified atom stereocenters. The number of aryl methyl sites for hydroxylation is 1. The van der Waals surface area contributed by atoms with Gasteiger partial charge in [0.05, 0.1) is 35.5 Å². The van der Waals surface area contributed by atoms with Gasteiger partial charge in [-0.25, -0.2) is 10.8 Å². The Morgan fingerprint density at radius 2 is 2.00 bits per heavy atom. The molecule has 3 rings (SSSR count). The molecular formula is C21H34N8O2. The first-order chi connectivity index (χ1) is 14.8. The van der Waals surface area contributed by atoms with Crippen LogP contribution in [0.25, 0.3) is 5.70 Å². The number of hydrazine groups is 1. The quantitative estimate of drug-likeness (QED) is 0.454. The number of pyridine rings is 1. The normalized spacial score (nSPS) is 15.7. The standard InChI is InChI=1S/C21H34N8O2/c1-14(2)13-30-21-25-27-29(26-21)12-18(28(4)23)20(22)17-10-11-19(15(3)24-17)31-16-8-6-5-7-9-16/h10-11,14,16H,5-9,12-13,22-23H2,1-4H3/b20-18-. The van der Waals surface area contributed by atoms with Gasteiger partial charge in [0.15, 0.2) is 0 Å².